The van der Waals surface area contributed by atoms with Gasteiger partial charge in [-0.1, -0.05) is 46.3 Å². The van der Waals surface area contributed by atoms with Crippen molar-refractivity contribution in [3.05, 3.63) is 64.6 Å². The lowest BCUT2D eigenvalue weighted by molar-refractivity contribution is -0.0171. The van der Waals surface area contributed by atoms with Gasteiger partial charge in [0, 0.05) is 62.0 Å². The van der Waals surface area contributed by atoms with E-state index < -0.39 is 0 Å². The fourth-order valence-electron chi connectivity index (χ4n) is 4.40. The molecule has 1 N–H and O–H groups in total. The molecule has 2 atom stereocenters. The molecule has 2 heterocycles. The summed E-state index contributed by atoms with van der Waals surface area (Å²) in [6, 6.07) is 19.4. The first kappa shape index (κ1) is 18.9. The van der Waals surface area contributed by atoms with Gasteiger partial charge in [0.05, 0.1) is 6.10 Å². The van der Waals surface area contributed by atoms with E-state index in [4.69, 9.17) is 0 Å². The molecule has 2 aromatic rings. The number of aliphatic hydroxyl groups is 1. The second-order valence-electron chi connectivity index (χ2n) is 7.65. The summed E-state index contributed by atoms with van der Waals surface area (Å²) in [4.78, 5) is 7.33. The molecule has 0 spiro atoms. The lowest BCUT2D eigenvalue weighted by atomic mass is 9.98. The van der Waals surface area contributed by atoms with Gasteiger partial charge in [0.15, 0.2) is 0 Å². The molecule has 0 bridgehead atoms. The van der Waals surface area contributed by atoms with Gasteiger partial charge < -0.3 is 10.0 Å². The quantitative estimate of drug-likeness (QED) is 0.807. The predicted octanol–water partition coefficient (Wildman–Crippen LogP) is 3.21. The number of para-hydroxylation sites is 1. The average molecular weight is 430 g/mol. The summed E-state index contributed by atoms with van der Waals surface area (Å²) >= 11 is 3.54. The molecule has 2 fully saturated rings. The third kappa shape index (κ3) is 4.72. The van der Waals surface area contributed by atoms with E-state index in [9.17, 15) is 5.11 Å². The lowest BCUT2D eigenvalue weighted by Gasteiger charge is -2.45. The van der Waals surface area contributed by atoms with E-state index in [1.165, 1.54) is 11.3 Å². The van der Waals surface area contributed by atoms with Crippen molar-refractivity contribution in [1.82, 2.24) is 9.80 Å². The Labute approximate surface area is 170 Å². The van der Waals surface area contributed by atoms with E-state index >= 15 is 0 Å². The van der Waals surface area contributed by atoms with Gasteiger partial charge in [-0.3, -0.25) is 9.80 Å². The number of anilines is 1. The number of halogens is 1. The molecule has 2 saturated heterocycles. The second kappa shape index (κ2) is 8.74. The van der Waals surface area contributed by atoms with Crippen LogP contribution in [0.15, 0.2) is 59.1 Å². The topological polar surface area (TPSA) is 30.0 Å². The van der Waals surface area contributed by atoms with Crippen LogP contribution in [0, 0.1) is 0 Å². The Morgan fingerprint density at radius 1 is 0.926 bits per heavy atom. The van der Waals surface area contributed by atoms with Crippen molar-refractivity contribution in [2.24, 2.45) is 0 Å². The summed E-state index contributed by atoms with van der Waals surface area (Å²) in [6.07, 6.45) is 0.773. The summed E-state index contributed by atoms with van der Waals surface area (Å²) < 4.78 is 1.12. The Morgan fingerprint density at radius 3 is 2.41 bits per heavy atom. The van der Waals surface area contributed by atoms with Crippen molar-refractivity contribution in [3.63, 3.8) is 0 Å². The predicted molar refractivity (Wildman–Crippen MR) is 114 cm³/mol. The molecule has 144 valence electrons. The zero-order chi connectivity index (χ0) is 18.6. The number of rotatable bonds is 4. The summed E-state index contributed by atoms with van der Waals surface area (Å²) in [6.45, 7) is 6.85. The van der Waals surface area contributed by atoms with Crippen molar-refractivity contribution in [3.8, 4) is 0 Å². The number of benzene rings is 2. The van der Waals surface area contributed by atoms with Gasteiger partial charge >= 0.3 is 0 Å². The van der Waals surface area contributed by atoms with Crippen molar-refractivity contribution < 1.29 is 5.11 Å². The number of β-amino-alcohol motifs (C(OH)–C–C–N with tert-alkyl or cyclic N) is 1. The standard InChI is InChI=1S/C22H28BrN3O/c23-19-6-4-5-18(15-19)16-24-10-9-21(22(27)17-24)26-13-11-25(12-14-26)20-7-2-1-3-8-20/h1-8,15,21-22,27H,9-14,16-17H2. The summed E-state index contributed by atoms with van der Waals surface area (Å²) in [7, 11) is 0. The molecular formula is C22H28BrN3O. The molecular weight excluding hydrogens is 402 g/mol. The Hall–Kier alpha value is -1.40. The minimum Gasteiger partial charge on any atom is -0.390 e. The van der Waals surface area contributed by atoms with Crippen molar-refractivity contribution in [2.45, 2.75) is 25.1 Å². The van der Waals surface area contributed by atoms with E-state index in [1.54, 1.807) is 0 Å². The maximum absolute atomic E-state index is 10.8. The molecule has 2 aliphatic heterocycles. The third-order valence-corrected chi connectivity index (χ3v) is 6.32. The number of piperidine rings is 1. The Balaban J connectivity index is 1.29. The molecule has 0 saturated carbocycles. The maximum atomic E-state index is 10.8. The van der Waals surface area contributed by atoms with Crippen LogP contribution in [0.25, 0.3) is 0 Å². The van der Waals surface area contributed by atoms with Crippen LogP contribution < -0.4 is 4.90 Å². The molecule has 0 amide bonds. The fourth-order valence-corrected chi connectivity index (χ4v) is 4.85. The van der Waals surface area contributed by atoms with Gasteiger partial charge in [0.25, 0.3) is 0 Å². The van der Waals surface area contributed by atoms with E-state index in [0.29, 0.717) is 6.04 Å². The third-order valence-electron chi connectivity index (χ3n) is 5.83. The van der Waals surface area contributed by atoms with Crippen LogP contribution in [-0.2, 0) is 6.54 Å². The van der Waals surface area contributed by atoms with E-state index in [2.05, 4.69) is 85.2 Å². The van der Waals surface area contributed by atoms with Gasteiger partial charge in [-0.15, -0.1) is 0 Å². The molecule has 4 rings (SSSR count). The van der Waals surface area contributed by atoms with Crippen LogP contribution in [0.3, 0.4) is 0 Å². The smallest absolute Gasteiger partial charge is 0.0822 e. The molecule has 27 heavy (non-hydrogen) atoms. The lowest BCUT2D eigenvalue weighted by Crippen LogP contribution is -2.58. The van der Waals surface area contributed by atoms with Crippen LogP contribution >= 0.6 is 15.9 Å². The van der Waals surface area contributed by atoms with Gasteiger partial charge in [-0.25, -0.2) is 0 Å². The zero-order valence-corrected chi connectivity index (χ0v) is 17.3. The van der Waals surface area contributed by atoms with Crippen LogP contribution in [0.4, 0.5) is 5.69 Å². The number of likely N-dealkylation sites (tertiary alicyclic amines) is 1. The zero-order valence-electron chi connectivity index (χ0n) is 15.7. The van der Waals surface area contributed by atoms with Gasteiger partial charge in [-0.2, -0.15) is 0 Å². The van der Waals surface area contributed by atoms with E-state index in [1.807, 2.05) is 0 Å². The highest BCUT2D eigenvalue weighted by Crippen LogP contribution is 2.23. The SMILES string of the molecule is OC1CN(Cc2cccc(Br)c2)CCC1N1CCN(c2ccccc2)CC1. The maximum Gasteiger partial charge on any atom is 0.0822 e. The van der Waals surface area contributed by atoms with Crippen LogP contribution in [0.5, 0.6) is 0 Å². The summed E-state index contributed by atoms with van der Waals surface area (Å²) in [5.41, 5.74) is 2.60. The molecule has 0 aliphatic carbocycles. The van der Waals surface area contributed by atoms with Crippen molar-refractivity contribution in [1.29, 1.82) is 0 Å². The highest BCUT2D eigenvalue weighted by molar-refractivity contribution is 9.10. The van der Waals surface area contributed by atoms with Gasteiger partial charge in [0.1, 0.15) is 0 Å². The van der Waals surface area contributed by atoms with Gasteiger partial charge in [0.2, 0.25) is 0 Å². The number of piperazine rings is 1. The normalized spacial score (nSPS) is 24.9. The highest BCUT2D eigenvalue weighted by atomic mass is 79.9. The first-order chi connectivity index (χ1) is 13.2. The Kier molecular flexibility index (Phi) is 6.13. The van der Waals surface area contributed by atoms with Crippen LogP contribution in [-0.4, -0.2) is 66.3 Å². The summed E-state index contributed by atoms with van der Waals surface area (Å²) in [5.74, 6) is 0. The number of nitrogens with zero attached hydrogens (tertiary/aromatic N) is 3. The minimum absolute atomic E-state index is 0.269. The van der Waals surface area contributed by atoms with E-state index in [0.717, 1.165) is 56.7 Å². The molecule has 0 radical (unpaired) electrons. The van der Waals surface area contributed by atoms with Crippen molar-refractivity contribution >= 4 is 21.6 Å². The molecule has 4 nitrogen and oxygen atoms in total. The first-order valence-electron chi connectivity index (χ1n) is 9.88. The number of aliphatic hydroxyl groups excluding tert-OH is 1. The van der Waals surface area contributed by atoms with Crippen LogP contribution in [0.1, 0.15) is 12.0 Å². The minimum atomic E-state index is -0.269. The Morgan fingerprint density at radius 2 is 1.70 bits per heavy atom. The fraction of sp³-hybridized carbons (Fsp3) is 0.455. The van der Waals surface area contributed by atoms with Crippen LogP contribution in [0.2, 0.25) is 0 Å². The Bertz CT molecular complexity index is 733. The first-order valence-corrected chi connectivity index (χ1v) is 10.7. The molecule has 5 heteroatoms. The molecule has 2 aliphatic rings. The second-order valence-corrected chi connectivity index (χ2v) is 8.56. The number of hydrogen-bond acceptors (Lipinski definition) is 4. The highest BCUT2D eigenvalue weighted by Gasteiger charge is 2.33. The largest absolute Gasteiger partial charge is 0.390 e. The monoisotopic (exact) mass is 429 g/mol. The molecule has 2 unspecified atom stereocenters. The number of hydrogen-bond donors (Lipinski definition) is 1. The average Bonchev–Trinajstić information content (AvgIpc) is 2.69. The van der Waals surface area contributed by atoms with Crippen molar-refractivity contribution in [2.75, 3.05) is 44.2 Å². The summed E-state index contributed by atoms with van der Waals surface area (Å²) in [5, 5.41) is 10.8. The molecule has 2 aromatic carbocycles. The molecule has 0 aromatic heterocycles. The van der Waals surface area contributed by atoms with E-state index in [-0.39, 0.29) is 6.10 Å². The van der Waals surface area contributed by atoms with Gasteiger partial charge in [-0.05, 0) is 36.2 Å².